The molecule has 2 saturated heterocycles. The fourth-order valence-corrected chi connectivity index (χ4v) is 2.26. The summed E-state index contributed by atoms with van der Waals surface area (Å²) in [4.78, 5) is 13.8. The van der Waals surface area contributed by atoms with Crippen molar-refractivity contribution in [1.82, 2.24) is 10.2 Å². The summed E-state index contributed by atoms with van der Waals surface area (Å²) in [6.45, 7) is 5.29. The van der Waals surface area contributed by atoms with E-state index in [0.29, 0.717) is 5.92 Å². The van der Waals surface area contributed by atoms with Gasteiger partial charge in [0.15, 0.2) is 0 Å². The zero-order valence-electron chi connectivity index (χ0n) is 7.55. The largest absolute Gasteiger partial charge is 0.355 e. The van der Waals surface area contributed by atoms with Crippen LogP contribution in [0.1, 0.15) is 19.8 Å². The van der Waals surface area contributed by atoms with E-state index in [9.17, 15) is 4.79 Å². The molecule has 2 fully saturated rings. The van der Waals surface area contributed by atoms with Crippen LogP contribution in [0.5, 0.6) is 0 Å². The van der Waals surface area contributed by atoms with Gasteiger partial charge in [0.25, 0.3) is 0 Å². The Bertz CT molecular complexity index is 193. The van der Waals surface area contributed by atoms with Crippen molar-refractivity contribution in [2.75, 3.05) is 19.6 Å². The summed E-state index contributed by atoms with van der Waals surface area (Å²) < 4.78 is 0. The van der Waals surface area contributed by atoms with E-state index in [0.717, 1.165) is 32.5 Å². The molecule has 12 heavy (non-hydrogen) atoms. The Hall–Kier alpha value is -0.570. The van der Waals surface area contributed by atoms with Gasteiger partial charge in [0.05, 0.1) is 6.04 Å². The summed E-state index contributed by atoms with van der Waals surface area (Å²) in [5, 5.41) is 2.96. The molecule has 2 heterocycles. The molecule has 0 aromatic carbocycles. The monoisotopic (exact) mass is 168 g/mol. The Morgan fingerprint density at radius 3 is 3.25 bits per heavy atom. The molecule has 0 bridgehead atoms. The lowest BCUT2D eigenvalue weighted by Crippen LogP contribution is -2.39. The van der Waals surface area contributed by atoms with E-state index in [-0.39, 0.29) is 11.9 Å². The first kappa shape index (κ1) is 8.05. The maximum atomic E-state index is 11.5. The molecule has 2 rings (SSSR count). The second kappa shape index (κ2) is 3.05. The minimum atomic E-state index is 0.183. The molecule has 0 aromatic rings. The molecule has 2 aliphatic rings. The van der Waals surface area contributed by atoms with Crippen LogP contribution in [0.25, 0.3) is 0 Å². The van der Waals surface area contributed by atoms with Gasteiger partial charge in [-0.15, -0.1) is 0 Å². The van der Waals surface area contributed by atoms with Crippen LogP contribution in [-0.2, 0) is 4.79 Å². The highest BCUT2D eigenvalue weighted by Gasteiger charge is 2.35. The predicted octanol–water partition coefficient (Wildman–Crippen LogP) is 0.217. The van der Waals surface area contributed by atoms with Gasteiger partial charge in [-0.3, -0.25) is 9.69 Å². The third kappa shape index (κ3) is 1.33. The minimum absolute atomic E-state index is 0.183. The van der Waals surface area contributed by atoms with Crippen molar-refractivity contribution < 1.29 is 4.79 Å². The van der Waals surface area contributed by atoms with Gasteiger partial charge in [0.1, 0.15) is 0 Å². The molecule has 2 unspecified atom stereocenters. The number of nitrogens with one attached hydrogen (secondary N) is 1. The van der Waals surface area contributed by atoms with Crippen molar-refractivity contribution in [2.45, 2.75) is 25.8 Å². The van der Waals surface area contributed by atoms with Crippen LogP contribution in [0.3, 0.4) is 0 Å². The number of fused-ring (bicyclic) bond motifs is 1. The Morgan fingerprint density at radius 1 is 1.58 bits per heavy atom. The van der Waals surface area contributed by atoms with E-state index in [2.05, 4.69) is 17.1 Å². The van der Waals surface area contributed by atoms with Gasteiger partial charge in [0, 0.05) is 19.6 Å². The van der Waals surface area contributed by atoms with Gasteiger partial charge in [-0.1, -0.05) is 6.92 Å². The first-order chi connectivity index (χ1) is 5.77. The van der Waals surface area contributed by atoms with Crippen LogP contribution < -0.4 is 5.32 Å². The van der Waals surface area contributed by atoms with Crippen molar-refractivity contribution in [2.24, 2.45) is 5.92 Å². The van der Waals surface area contributed by atoms with Crippen molar-refractivity contribution in [1.29, 1.82) is 0 Å². The molecular weight excluding hydrogens is 152 g/mol. The van der Waals surface area contributed by atoms with Gasteiger partial charge in [-0.25, -0.2) is 0 Å². The van der Waals surface area contributed by atoms with Gasteiger partial charge in [-0.05, 0) is 18.8 Å². The summed E-state index contributed by atoms with van der Waals surface area (Å²) in [7, 11) is 0. The lowest BCUT2D eigenvalue weighted by Gasteiger charge is -2.18. The molecule has 0 spiro atoms. The summed E-state index contributed by atoms with van der Waals surface area (Å²) in [6.07, 6.45) is 2.15. The number of nitrogens with zero attached hydrogens (tertiary/aromatic N) is 1. The second-order valence-corrected chi connectivity index (χ2v) is 4.00. The van der Waals surface area contributed by atoms with E-state index >= 15 is 0 Å². The zero-order chi connectivity index (χ0) is 8.55. The molecular formula is C9H16N2O. The number of hydrogen-bond acceptors (Lipinski definition) is 2. The summed E-state index contributed by atoms with van der Waals surface area (Å²) in [5.41, 5.74) is 0. The first-order valence-corrected chi connectivity index (χ1v) is 4.79. The molecule has 1 amide bonds. The third-order valence-corrected chi connectivity index (χ3v) is 2.84. The van der Waals surface area contributed by atoms with Gasteiger partial charge in [0.2, 0.25) is 5.91 Å². The van der Waals surface area contributed by atoms with Gasteiger partial charge < -0.3 is 5.32 Å². The molecule has 1 N–H and O–H groups in total. The highest BCUT2D eigenvalue weighted by molar-refractivity contribution is 5.82. The Balaban J connectivity index is 2.09. The van der Waals surface area contributed by atoms with E-state index in [1.54, 1.807) is 0 Å². The maximum absolute atomic E-state index is 11.5. The van der Waals surface area contributed by atoms with Crippen molar-refractivity contribution in [3.05, 3.63) is 0 Å². The molecule has 3 nitrogen and oxygen atoms in total. The third-order valence-electron chi connectivity index (χ3n) is 2.84. The van der Waals surface area contributed by atoms with Crippen molar-refractivity contribution in [3.8, 4) is 0 Å². The van der Waals surface area contributed by atoms with Gasteiger partial charge >= 0.3 is 0 Å². The molecule has 0 aliphatic carbocycles. The minimum Gasteiger partial charge on any atom is -0.355 e. The SMILES string of the molecule is CC1CC2C(=O)NCCCN2C1. The Kier molecular flexibility index (Phi) is 2.05. The lowest BCUT2D eigenvalue weighted by molar-refractivity contribution is -0.124. The average Bonchev–Trinajstić information content (AvgIpc) is 2.33. The molecule has 0 radical (unpaired) electrons. The molecule has 68 valence electrons. The zero-order valence-corrected chi connectivity index (χ0v) is 7.55. The highest BCUT2D eigenvalue weighted by Crippen LogP contribution is 2.23. The number of rotatable bonds is 0. The van der Waals surface area contributed by atoms with Crippen LogP contribution >= 0.6 is 0 Å². The number of hydrogen-bond donors (Lipinski definition) is 1. The van der Waals surface area contributed by atoms with Crippen LogP contribution in [0.2, 0.25) is 0 Å². The lowest BCUT2D eigenvalue weighted by atomic mass is 10.1. The number of carbonyl (C=O) groups excluding carboxylic acids is 1. The molecule has 2 atom stereocenters. The predicted molar refractivity (Wildman–Crippen MR) is 46.8 cm³/mol. The molecule has 3 heteroatoms. The van der Waals surface area contributed by atoms with E-state index in [1.807, 2.05) is 0 Å². The van der Waals surface area contributed by atoms with Crippen LogP contribution in [0.15, 0.2) is 0 Å². The normalized spacial score (nSPS) is 37.2. The maximum Gasteiger partial charge on any atom is 0.237 e. The van der Waals surface area contributed by atoms with Crippen molar-refractivity contribution >= 4 is 5.91 Å². The number of carbonyl (C=O) groups is 1. The van der Waals surface area contributed by atoms with E-state index in [4.69, 9.17) is 0 Å². The number of amides is 1. The standard InChI is InChI=1S/C9H16N2O/c1-7-5-8-9(12)10-3-2-4-11(8)6-7/h7-8H,2-6H2,1H3,(H,10,12). The molecule has 0 saturated carbocycles. The highest BCUT2D eigenvalue weighted by atomic mass is 16.2. The Labute approximate surface area is 73.1 Å². The van der Waals surface area contributed by atoms with E-state index < -0.39 is 0 Å². The van der Waals surface area contributed by atoms with Crippen LogP contribution in [-0.4, -0.2) is 36.5 Å². The molecule has 2 aliphatic heterocycles. The fraction of sp³-hybridized carbons (Fsp3) is 0.889. The summed E-state index contributed by atoms with van der Waals surface area (Å²) in [5.74, 6) is 0.940. The summed E-state index contributed by atoms with van der Waals surface area (Å²) >= 11 is 0. The quantitative estimate of drug-likeness (QED) is 0.561. The Morgan fingerprint density at radius 2 is 2.42 bits per heavy atom. The van der Waals surface area contributed by atoms with Crippen LogP contribution in [0, 0.1) is 5.92 Å². The second-order valence-electron chi connectivity index (χ2n) is 4.00. The average molecular weight is 168 g/mol. The summed E-state index contributed by atoms with van der Waals surface area (Å²) in [6, 6.07) is 0.183. The van der Waals surface area contributed by atoms with E-state index in [1.165, 1.54) is 0 Å². The van der Waals surface area contributed by atoms with Gasteiger partial charge in [-0.2, -0.15) is 0 Å². The fourth-order valence-electron chi connectivity index (χ4n) is 2.26. The van der Waals surface area contributed by atoms with Crippen molar-refractivity contribution in [3.63, 3.8) is 0 Å². The molecule has 0 aromatic heterocycles. The topological polar surface area (TPSA) is 32.3 Å². The van der Waals surface area contributed by atoms with Crippen LogP contribution in [0.4, 0.5) is 0 Å². The smallest absolute Gasteiger partial charge is 0.237 e. The first-order valence-electron chi connectivity index (χ1n) is 4.79.